The summed E-state index contributed by atoms with van der Waals surface area (Å²) >= 11 is 0. The van der Waals surface area contributed by atoms with E-state index in [1.54, 1.807) is 0 Å². The van der Waals surface area contributed by atoms with Gasteiger partial charge in [-0.05, 0) is 51.1 Å². The van der Waals surface area contributed by atoms with E-state index in [0.717, 1.165) is 31.2 Å². The zero-order chi connectivity index (χ0) is 10.8. The molecule has 3 nitrogen and oxygen atoms in total. The predicted molar refractivity (Wildman–Crippen MR) is 71.8 cm³/mol. The van der Waals surface area contributed by atoms with Crippen LogP contribution in [0.3, 0.4) is 0 Å². The number of rotatable bonds is 3. The maximum absolute atomic E-state index is 5.46. The number of hydrogen-bond donors (Lipinski definition) is 1. The lowest BCUT2D eigenvalue weighted by Gasteiger charge is -2.28. The lowest BCUT2D eigenvalue weighted by molar-refractivity contribution is 0.164. The Labute approximate surface area is 111 Å². The van der Waals surface area contributed by atoms with Gasteiger partial charge in [0, 0.05) is 31.8 Å². The summed E-state index contributed by atoms with van der Waals surface area (Å²) in [4.78, 5) is 2.79. The molecule has 3 aliphatic heterocycles. The monoisotopic (exact) mass is 260 g/mol. The number of ether oxygens (including phenoxy) is 1. The van der Waals surface area contributed by atoms with Gasteiger partial charge in [0.2, 0.25) is 0 Å². The number of nitrogens with zero attached hydrogens (tertiary/aromatic N) is 1. The Bertz CT molecular complexity index is 219. The highest BCUT2D eigenvalue weighted by Gasteiger charge is 2.34. The van der Waals surface area contributed by atoms with Gasteiger partial charge >= 0.3 is 0 Å². The molecule has 3 atom stereocenters. The topological polar surface area (TPSA) is 24.5 Å². The smallest absolute Gasteiger partial charge is 0.0495 e. The quantitative estimate of drug-likeness (QED) is 0.835. The summed E-state index contributed by atoms with van der Waals surface area (Å²) in [6, 6.07) is 1.71. The van der Waals surface area contributed by atoms with Crippen LogP contribution < -0.4 is 5.32 Å². The molecule has 3 heterocycles. The van der Waals surface area contributed by atoms with Crippen molar-refractivity contribution < 1.29 is 4.74 Å². The zero-order valence-electron chi connectivity index (χ0n) is 10.6. The molecular formula is C13H25ClN2O. The van der Waals surface area contributed by atoms with Gasteiger partial charge in [-0.1, -0.05) is 0 Å². The van der Waals surface area contributed by atoms with Gasteiger partial charge in [0.05, 0.1) is 0 Å². The Morgan fingerprint density at radius 2 is 2.00 bits per heavy atom. The summed E-state index contributed by atoms with van der Waals surface area (Å²) in [5.74, 6) is 0.843. The van der Waals surface area contributed by atoms with Gasteiger partial charge in [-0.25, -0.2) is 0 Å². The van der Waals surface area contributed by atoms with Crippen LogP contribution in [-0.2, 0) is 4.74 Å². The summed E-state index contributed by atoms with van der Waals surface area (Å²) in [7, 11) is 0. The van der Waals surface area contributed by atoms with Crippen LogP contribution in [-0.4, -0.2) is 49.8 Å². The van der Waals surface area contributed by atoms with Crippen LogP contribution in [0.15, 0.2) is 0 Å². The SMILES string of the molecule is C1CC2CCC(CN1)N2CCC1CCOC1.Cl. The number of halogens is 1. The molecule has 3 aliphatic rings. The van der Waals surface area contributed by atoms with Crippen LogP contribution in [0.25, 0.3) is 0 Å². The first-order chi connectivity index (χ1) is 7.93. The minimum Gasteiger partial charge on any atom is -0.381 e. The minimum absolute atomic E-state index is 0. The normalized spacial score (nSPS) is 37.8. The van der Waals surface area contributed by atoms with Crippen molar-refractivity contribution in [3.63, 3.8) is 0 Å². The van der Waals surface area contributed by atoms with Crippen molar-refractivity contribution in [1.29, 1.82) is 0 Å². The van der Waals surface area contributed by atoms with Crippen molar-refractivity contribution in [2.45, 2.75) is 44.2 Å². The maximum Gasteiger partial charge on any atom is 0.0495 e. The third kappa shape index (κ3) is 3.14. The van der Waals surface area contributed by atoms with Gasteiger partial charge in [-0.3, -0.25) is 4.90 Å². The van der Waals surface area contributed by atoms with Crippen molar-refractivity contribution in [3.05, 3.63) is 0 Å². The minimum atomic E-state index is 0. The van der Waals surface area contributed by atoms with Crippen LogP contribution in [0.4, 0.5) is 0 Å². The average molecular weight is 261 g/mol. The molecular weight excluding hydrogens is 236 g/mol. The Morgan fingerprint density at radius 1 is 1.12 bits per heavy atom. The molecule has 3 rings (SSSR count). The first-order valence-electron chi connectivity index (χ1n) is 6.97. The van der Waals surface area contributed by atoms with Gasteiger partial charge in [0.15, 0.2) is 0 Å². The first-order valence-corrected chi connectivity index (χ1v) is 6.97. The Hall–Kier alpha value is 0.170. The van der Waals surface area contributed by atoms with Crippen LogP contribution in [0.2, 0.25) is 0 Å². The van der Waals surface area contributed by atoms with E-state index in [-0.39, 0.29) is 12.4 Å². The van der Waals surface area contributed by atoms with Gasteiger partial charge in [0.25, 0.3) is 0 Å². The molecule has 0 amide bonds. The largest absolute Gasteiger partial charge is 0.381 e. The molecule has 0 aliphatic carbocycles. The van der Waals surface area contributed by atoms with E-state index >= 15 is 0 Å². The fraction of sp³-hybridized carbons (Fsp3) is 1.00. The Morgan fingerprint density at radius 3 is 2.82 bits per heavy atom. The maximum atomic E-state index is 5.46. The summed E-state index contributed by atoms with van der Waals surface area (Å²) in [6.07, 6.45) is 6.86. The highest BCUT2D eigenvalue weighted by atomic mass is 35.5. The summed E-state index contributed by atoms with van der Waals surface area (Å²) in [6.45, 7) is 5.77. The van der Waals surface area contributed by atoms with Crippen molar-refractivity contribution in [2.24, 2.45) is 5.92 Å². The summed E-state index contributed by atoms with van der Waals surface area (Å²) in [5, 5.41) is 3.57. The van der Waals surface area contributed by atoms with Crippen LogP contribution >= 0.6 is 12.4 Å². The molecule has 0 saturated carbocycles. The van der Waals surface area contributed by atoms with E-state index < -0.39 is 0 Å². The molecule has 0 spiro atoms. The number of hydrogen-bond acceptors (Lipinski definition) is 3. The molecule has 1 N–H and O–H groups in total. The van der Waals surface area contributed by atoms with Crippen molar-refractivity contribution in [1.82, 2.24) is 10.2 Å². The molecule has 3 fully saturated rings. The third-order valence-corrected chi connectivity index (χ3v) is 4.62. The zero-order valence-corrected chi connectivity index (χ0v) is 11.4. The Balaban J connectivity index is 0.00000108. The third-order valence-electron chi connectivity index (χ3n) is 4.62. The van der Waals surface area contributed by atoms with Crippen LogP contribution in [0, 0.1) is 5.92 Å². The summed E-state index contributed by atoms with van der Waals surface area (Å²) < 4.78 is 5.46. The first kappa shape index (κ1) is 13.6. The fourth-order valence-corrected chi connectivity index (χ4v) is 3.59. The fourth-order valence-electron chi connectivity index (χ4n) is 3.59. The molecule has 0 aromatic carbocycles. The molecule has 100 valence electrons. The van der Waals surface area contributed by atoms with E-state index in [1.165, 1.54) is 51.7 Å². The number of fused-ring (bicyclic) bond motifs is 2. The molecule has 4 heteroatoms. The van der Waals surface area contributed by atoms with Gasteiger partial charge in [-0.15, -0.1) is 12.4 Å². The second-order valence-electron chi connectivity index (χ2n) is 5.63. The van der Waals surface area contributed by atoms with E-state index in [2.05, 4.69) is 10.2 Å². The van der Waals surface area contributed by atoms with Crippen molar-refractivity contribution >= 4 is 12.4 Å². The second-order valence-corrected chi connectivity index (χ2v) is 5.63. The van der Waals surface area contributed by atoms with Crippen LogP contribution in [0.5, 0.6) is 0 Å². The number of nitrogens with one attached hydrogen (secondary N) is 1. The molecule has 0 radical (unpaired) electrons. The van der Waals surface area contributed by atoms with E-state index in [9.17, 15) is 0 Å². The van der Waals surface area contributed by atoms with Crippen molar-refractivity contribution in [3.8, 4) is 0 Å². The molecule has 0 aromatic rings. The van der Waals surface area contributed by atoms with E-state index in [1.807, 2.05) is 0 Å². The molecule has 3 saturated heterocycles. The van der Waals surface area contributed by atoms with E-state index in [4.69, 9.17) is 4.74 Å². The average Bonchev–Trinajstić information content (AvgIpc) is 2.83. The predicted octanol–water partition coefficient (Wildman–Crippen LogP) is 1.66. The van der Waals surface area contributed by atoms with Gasteiger partial charge in [0.1, 0.15) is 0 Å². The highest BCUT2D eigenvalue weighted by Crippen LogP contribution is 2.29. The lowest BCUT2D eigenvalue weighted by Crippen LogP contribution is -2.39. The highest BCUT2D eigenvalue weighted by molar-refractivity contribution is 5.85. The molecule has 0 aromatic heterocycles. The molecule has 17 heavy (non-hydrogen) atoms. The summed E-state index contributed by atoms with van der Waals surface area (Å²) in [5.41, 5.74) is 0. The van der Waals surface area contributed by atoms with Crippen molar-refractivity contribution in [2.75, 3.05) is 32.8 Å². The van der Waals surface area contributed by atoms with Crippen LogP contribution in [0.1, 0.15) is 32.1 Å². The standard InChI is InChI=1S/C13H24N2O.ClH/c1-2-13-9-14-6-3-12(1)15(13)7-4-11-5-8-16-10-11;/h11-14H,1-10H2;1H. The molecule has 3 unspecified atom stereocenters. The van der Waals surface area contributed by atoms with Gasteiger partial charge in [-0.2, -0.15) is 0 Å². The Kier molecular flexibility index (Phi) is 5.10. The molecule has 2 bridgehead atoms. The lowest BCUT2D eigenvalue weighted by atomic mass is 10.0. The second kappa shape index (κ2) is 6.37. The van der Waals surface area contributed by atoms with E-state index in [0.29, 0.717) is 0 Å². The van der Waals surface area contributed by atoms with Gasteiger partial charge < -0.3 is 10.1 Å².